The molecular weight excluding hydrogens is 260 g/mol. The van der Waals surface area contributed by atoms with Crippen LogP contribution in [0.5, 0.6) is 0 Å². The summed E-state index contributed by atoms with van der Waals surface area (Å²) in [5.41, 5.74) is 3.48. The van der Waals surface area contributed by atoms with E-state index in [1.165, 1.54) is 36.9 Å². The molecule has 0 unspecified atom stereocenters. The molecule has 4 nitrogen and oxygen atoms in total. The maximum Gasteiger partial charge on any atom is 0.137 e. The molecule has 0 aliphatic heterocycles. The third kappa shape index (κ3) is 3.27. The van der Waals surface area contributed by atoms with Gasteiger partial charge in [-0.25, -0.2) is 4.98 Å². The van der Waals surface area contributed by atoms with Crippen LogP contribution in [-0.4, -0.2) is 40.5 Å². The maximum atomic E-state index is 4.73. The van der Waals surface area contributed by atoms with Crippen molar-refractivity contribution in [1.82, 2.24) is 19.6 Å². The number of pyridine rings is 1. The zero-order chi connectivity index (χ0) is 14.8. The monoisotopic (exact) mass is 286 g/mol. The Kier molecular flexibility index (Phi) is 4.27. The highest BCUT2D eigenvalue weighted by atomic mass is 15.1. The highest BCUT2D eigenvalue weighted by Crippen LogP contribution is 2.23. The SMILES string of the molecule is CNC1CCC(N(C)Cc2cn3cc(C)ccc3n2)CC1. The molecule has 0 aromatic carbocycles. The summed E-state index contributed by atoms with van der Waals surface area (Å²) in [5, 5.41) is 3.40. The highest BCUT2D eigenvalue weighted by Gasteiger charge is 2.23. The van der Waals surface area contributed by atoms with Crippen LogP contribution in [-0.2, 0) is 6.54 Å². The van der Waals surface area contributed by atoms with E-state index in [1.54, 1.807) is 0 Å². The van der Waals surface area contributed by atoms with Crippen molar-refractivity contribution < 1.29 is 0 Å². The molecule has 0 saturated heterocycles. The summed E-state index contributed by atoms with van der Waals surface area (Å²) in [6.45, 7) is 3.06. The second kappa shape index (κ2) is 6.16. The van der Waals surface area contributed by atoms with Gasteiger partial charge in [-0.15, -0.1) is 0 Å². The minimum atomic E-state index is 0.696. The van der Waals surface area contributed by atoms with Crippen molar-refractivity contribution in [3.63, 3.8) is 0 Å². The van der Waals surface area contributed by atoms with E-state index in [4.69, 9.17) is 4.98 Å². The highest BCUT2D eigenvalue weighted by molar-refractivity contribution is 5.41. The van der Waals surface area contributed by atoms with Gasteiger partial charge in [-0.1, -0.05) is 6.07 Å². The number of hydrogen-bond donors (Lipinski definition) is 1. The van der Waals surface area contributed by atoms with Crippen LogP contribution < -0.4 is 5.32 Å². The molecule has 0 spiro atoms. The fourth-order valence-electron chi connectivity index (χ4n) is 3.42. The second-order valence-corrected chi connectivity index (χ2v) is 6.41. The first-order chi connectivity index (χ1) is 10.2. The van der Waals surface area contributed by atoms with Gasteiger partial charge in [0.15, 0.2) is 0 Å². The Bertz CT molecular complexity index is 596. The summed E-state index contributed by atoms with van der Waals surface area (Å²) in [5.74, 6) is 0. The molecule has 114 valence electrons. The van der Waals surface area contributed by atoms with Gasteiger partial charge in [-0.05, 0) is 58.3 Å². The van der Waals surface area contributed by atoms with Gasteiger partial charge in [-0.3, -0.25) is 4.90 Å². The predicted octanol–water partition coefficient (Wildman–Crippen LogP) is 2.61. The molecule has 1 fully saturated rings. The molecule has 0 radical (unpaired) electrons. The summed E-state index contributed by atoms with van der Waals surface area (Å²) >= 11 is 0. The van der Waals surface area contributed by atoms with Crippen molar-refractivity contribution in [1.29, 1.82) is 0 Å². The first-order valence-electron chi connectivity index (χ1n) is 7.97. The zero-order valence-corrected chi connectivity index (χ0v) is 13.3. The lowest BCUT2D eigenvalue weighted by molar-refractivity contribution is 0.168. The predicted molar refractivity (Wildman–Crippen MR) is 86.5 cm³/mol. The van der Waals surface area contributed by atoms with Crippen LogP contribution in [0, 0.1) is 6.92 Å². The Labute approximate surface area is 127 Å². The number of fused-ring (bicyclic) bond motifs is 1. The average molecular weight is 286 g/mol. The molecule has 2 aromatic rings. The minimum absolute atomic E-state index is 0.696. The third-order valence-electron chi connectivity index (χ3n) is 4.79. The molecule has 21 heavy (non-hydrogen) atoms. The van der Waals surface area contributed by atoms with Crippen LogP contribution in [0.2, 0.25) is 0 Å². The summed E-state index contributed by atoms with van der Waals surface area (Å²) in [6, 6.07) is 5.63. The molecule has 1 aliphatic rings. The van der Waals surface area contributed by atoms with Gasteiger partial charge in [0.2, 0.25) is 0 Å². The smallest absolute Gasteiger partial charge is 0.137 e. The van der Waals surface area contributed by atoms with Crippen LogP contribution in [0.4, 0.5) is 0 Å². The van der Waals surface area contributed by atoms with Gasteiger partial charge < -0.3 is 9.72 Å². The molecule has 4 heteroatoms. The Hall–Kier alpha value is -1.39. The van der Waals surface area contributed by atoms with E-state index in [0.29, 0.717) is 12.1 Å². The van der Waals surface area contributed by atoms with Crippen LogP contribution in [0.15, 0.2) is 24.5 Å². The fourth-order valence-corrected chi connectivity index (χ4v) is 3.42. The van der Waals surface area contributed by atoms with Crippen molar-refractivity contribution in [2.24, 2.45) is 0 Å². The van der Waals surface area contributed by atoms with E-state index in [9.17, 15) is 0 Å². The second-order valence-electron chi connectivity index (χ2n) is 6.41. The first kappa shape index (κ1) is 14.5. The number of aromatic nitrogens is 2. The number of aryl methyl sites for hydroxylation is 1. The van der Waals surface area contributed by atoms with Gasteiger partial charge in [0.25, 0.3) is 0 Å². The molecule has 2 heterocycles. The lowest BCUT2D eigenvalue weighted by Gasteiger charge is -2.34. The van der Waals surface area contributed by atoms with Gasteiger partial charge >= 0.3 is 0 Å². The average Bonchev–Trinajstić information content (AvgIpc) is 2.88. The number of hydrogen-bond acceptors (Lipinski definition) is 3. The Balaban J connectivity index is 1.64. The lowest BCUT2D eigenvalue weighted by Crippen LogP contribution is -2.39. The largest absolute Gasteiger partial charge is 0.317 e. The van der Waals surface area contributed by atoms with E-state index >= 15 is 0 Å². The third-order valence-corrected chi connectivity index (χ3v) is 4.79. The standard InChI is InChI=1S/C17H26N4/c1-13-4-9-17-19-15(12-21(17)10-13)11-20(3)16-7-5-14(18-2)6-8-16/h4,9-10,12,14,16,18H,5-8,11H2,1-3H3. The van der Waals surface area contributed by atoms with Crippen molar-refractivity contribution >= 4 is 5.65 Å². The Morgan fingerprint density at radius 3 is 2.71 bits per heavy atom. The molecule has 2 aromatic heterocycles. The van der Waals surface area contributed by atoms with Crippen molar-refractivity contribution in [2.45, 2.75) is 51.2 Å². The van der Waals surface area contributed by atoms with Crippen molar-refractivity contribution in [3.05, 3.63) is 35.8 Å². The van der Waals surface area contributed by atoms with Gasteiger partial charge in [0.05, 0.1) is 5.69 Å². The molecule has 1 aliphatic carbocycles. The number of nitrogens with zero attached hydrogens (tertiary/aromatic N) is 3. The Morgan fingerprint density at radius 2 is 2.00 bits per heavy atom. The molecule has 0 bridgehead atoms. The molecule has 3 rings (SSSR count). The summed E-state index contributed by atoms with van der Waals surface area (Å²) in [7, 11) is 4.31. The van der Waals surface area contributed by atoms with Gasteiger partial charge in [0.1, 0.15) is 5.65 Å². The van der Waals surface area contributed by atoms with Crippen molar-refractivity contribution in [3.8, 4) is 0 Å². The fraction of sp³-hybridized carbons (Fsp3) is 0.588. The number of imidazole rings is 1. The maximum absolute atomic E-state index is 4.73. The summed E-state index contributed by atoms with van der Waals surface area (Å²) < 4.78 is 2.14. The quantitative estimate of drug-likeness (QED) is 0.938. The van der Waals surface area contributed by atoms with Crippen molar-refractivity contribution in [2.75, 3.05) is 14.1 Å². The Morgan fingerprint density at radius 1 is 1.24 bits per heavy atom. The topological polar surface area (TPSA) is 32.6 Å². The van der Waals surface area contributed by atoms with Crippen LogP contribution in [0.1, 0.15) is 36.9 Å². The molecular formula is C17H26N4. The molecule has 0 atom stereocenters. The van der Waals surface area contributed by atoms with Gasteiger partial charge in [-0.2, -0.15) is 0 Å². The van der Waals surface area contributed by atoms with E-state index in [1.807, 2.05) is 0 Å². The summed E-state index contributed by atoms with van der Waals surface area (Å²) in [6.07, 6.45) is 9.46. The summed E-state index contributed by atoms with van der Waals surface area (Å²) in [4.78, 5) is 7.20. The van der Waals surface area contributed by atoms with Crippen LogP contribution in [0.25, 0.3) is 5.65 Å². The first-order valence-corrected chi connectivity index (χ1v) is 7.97. The van der Waals surface area contributed by atoms with E-state index in [2.05, 4.69) is 60.2 Å². The molecule has 1 N–H and O–H groups in total. The van der Waals surface area contributed by atoms with Crippen LogP contribution in [0.3, 0.4) is 0 Å². The van der Waals surface area contributed by atoms with Crippen LogP contribution >= 0.6 is 0 Å². The minimum Gasteiger partial charge on any atom is -0.317 e. The normalized spacial score (nSPS) is 23.0. The molecule has 1 saturated carbocycles. The van der Waals surface area contributed by atoms with Gasteiger partial charge in [0, 0.05) is 31.0 Å². The number of nitrogens with one attached hydrogen (secondary N) is 1. The van der Waals surface area contributed by atoms with E-state index in [0.717, 1.165) is 12.2 Å². The number of rotatable bonds is 4. The zero-order valence-electron chi connectivity index (χ0n) is 13.3. The van der Waals surface area contributed by atoms with E-state index in [-0.39, 0.29) is 0 Å². The molecule has 0 amide bonds. The lowest BCUT2D eigenvalue weighted by atomic mass is 9.90. The van der Waals surface area contributed by atoms with E-state index < -0.39 is 0 Å².